The summed E-state index contributed by atoms with van der Waals surface area (Å²) in [6.07, 6.45) is 10.3. The number of H-pyrrole nitrogens is 1. The predicted molar refractivity (Wildman–Crippen MR) is 246 cm³/mol. The summed E-state index contributed by atoms with van der Waals surface area (Å²) in [5.41, 5.74) is 11.1. The van der Waals surface area contributed by atoms with Crippen molar-refractivity contribution in [3.63, 3.8) is 0 Å². The smallest absolute Gasteiger partial charge is 0.270 e. The molecule has 1 amide bonds. The molecule has 10 rings (SSSR count). The maximum Gasteiger partial charge on any atom is 0.270 e. The van der Waals surface area contributed by atoms with E-state index in [4.69, 9.17) is 24.9 Å². The molecule has 3 aromatic heterocycles. The van der Waals surface area contributed by atoms with E-state index in [0.717, 1.165) is 64.2 Å². The first-order valence-electron chi connectivity index (χ1n) is 22.9. The first-order chi connectivity index (χ1) is 31.0. The number of pyridine rings is 2. The third-order valence-electron chi connectivity index (χ3n) is 14.3. The number of morpholine rings is 1. The fraction of sp³-hybridized carbons (Fsp3) is 0.479. The number of nitrogens with one attached hydrogen (secondary N) is 3. The average molecular weight is 890 g/mol. The number of aromatic amines is 1. The minimum absolute atomic E-state index is 0.0139. The highest BCUT2D eigenvalue weighted by molar-refractivity contribution is 7.90. The second-order valence-electron chi connectivity index (χ2n) is 18.7. The van der Waals surface area contributed by atoms with Crippen molar-refractivity contribution in [2.24, 2.45) is 5.41 Å². The van der Waals surface area contributed by atoms with Crippen molar-refractivity contribution in [3.8, 4) is 11.6 Å². The quantitative estimate of drug-likeness (QED) is 0.0922. The number of aromatic nitrogens is 3. The fourth-order valence-corrected chi connectivity index (χ4v) is 11.6. The van der Waals surface area contributed by atoms with Crippen LogP contribution >= 0.6 is 0 Å². The highest BCUT2D eigenvalue weighted by Gasteiger charge is 2.50. The molecule has 7 heterocycles. The molecule has 0 bridgehead atoms. The summed E-state index contributed by atoms with van der Waals surface area (Å²) in [5.74, 6) is 0.642. The van der Waals surface area contributed by atoms with E-state index in [9.17, 15) is 13.2 Å². The Kier molecular flexibility index (Phi) is 11.7. The van der Waals surface area contributed by atoms with E-state index >= 15 is 0 Å². The predicted octanol–water partition coefficient (Wildman–Crippen LogP) is 6.67. The fourth-order valence-electron chi connectivity index (χ4n) is 10.6. The summed E-state index contributed by atoms with van der Waals surface area (Å²) in [5, 5.41) is 4.12. The van der Waals surface area contributed by atoms with E-state index in [0.29, 0.717) is 65.5 Å². The van der Waals surface area contributed by atoms with Crippen LogP contribution in [0.15, 0.2) is 84.0 Å². The van der Waals surface area contributed by atoms with Gasteiger partial charge in [-0.05, 0) is 110 Å². The molecule has 2 unspecified atom stereocenters. The molecule has 1 aliphatic carbocycles. The van der Waals surface area contributed by atoms with Crippen molar-refractivity contribution in [2.75, 3.05) is 75.0 Å². The lowest BCUT2D eigenvalue weighted by Gasteiger charge is -2.56. The van der Waals surface area contributed by atoms with Crippen LogP contribution in [0.5, 0.6) is 11.6 Å². The van der Waals surface area contributed by atoms with E-state index in [1.54, 1.807) is 36.7 Å². The molecule has 4 saturated heterocycles. The molecule has 64 heavy (non-hydrogen) atoms. The number of sulfonamides is 1. The van der Waals surface area contributed by atoms with Crippen LogP contribution in [0.3, 0.4) is 0 Å². The lowest BCUT2D eigenvalue weighted by atomic mass is 9.60. The van der Waals surface area contributed by atoms with E-state index in [1.807, 2.05) is 6.07 Å². The van der Waals surface area contributed by atoms with Gasteiger partial charge in [-0.3, -0.25) is 14.6 Å². The molecule has 5 aliphatic rings. The molecule has 5 fully saturated rings. The highest BCUT2D eigenvalue weighted by Crippen LogP contribution is 2.54. The van der Waals surface area contributed by atoms with Crippen molar-refractivity contribution in [1.82, 2.24) is 29.5 Å². The molecule has 4 aliphatic heterocycles. The second kappa shape index (κ2) is 17.6. The minimum Gasteiger partial charge on any atom is -0.436 e. The zero-order valence-electron chi connectivity index (χ0n) is 36.7. The molecule has 5 N–H and O–H groups in total. The number of piperidine rings is 1. The van der Waals surface area contributed by atoms with Crippen molar-refractivity contribution in [1.29, 1.82) is 0 Å². The number of fused-ring (bicyclic) bond motifs is 1. The number of carbonyl (C=O) groups excluding carboxylic acids is 1. The Bertz CT molecular complexity index is 2600. The van der Waals surface area contributed by atoms with E-state index in [1.165, 1.54) is 48.9 Å². The number of nitrogens with zero attached hydrogens (tertiary/aromatic N) is 5. The third kappa shape index (κ3) is 8.65. The van der Waals surface area contributed by atoms with Crippen LogP contribution < -0.4 is 25.4 Å². The monoisotopic (exact) mass is 889 g/mol. The molecule has 16 heteroatoms. The number of hydrogen-bond acceptors (Lipinski definition) is 13. The SMILES string of the molecule is CC(C)c1ccccc1C1CCCN1C1CC2(CCN(c3ccc(C(=O)NS(=O)(=O)c4ccc(NCC5CN(C6COC6)CCO5)c(N)c4)c(Oc4cnc5[nH]ccc5c4)n3)CC2)C1. The summed E-state index contributed by atoms with van der Waals surface area (Å²) < 4.78 is 47.3. The molecule has 2 atom stereocenters. The van der Waals surface area contributed by atoms with Crippen LogP contribution in [0.2, 0.25) is 0 Å². The van der Waals surface area contributed by atoms with E-state index in [2.05, 4.69) is 72.8 Å². The number of benzene rings is 2. The van der Waals surface area contributed by atoms with Gasteiger partial charge in [-0.2, -0.15) is 4.98 Å². The topological polar surface area (TPSA) is 180 Å². The van der Waals surface area contributed by atoms with Gasteiger partial charge in [0.1, 0.15) is 22.8 Å². The number of rotatable bonds is 13. The minimum atomic E-state index is -4.35. The molecule has 338 valence electrons. The van der Waals surface area contributed by atoms with Crippen LogP contribution in [0.1, 0.15) is 85.8 Å². The van der Waals surface area contributed by atoms with Gasteiger partial charge in [0, 0.05) is 56.4 Å². The Balaban J connectivity index is 0.811. The van der Waals surface area contributed by atoms with Gasteiger partial charge in [-0.25, -0.2) is 18.1 Å². The van der Waals surface area contributed by atoms with Crippen LogP contribution in [0.25, 0.3) is 11.0 Å². The van der Waals surface area contributed by atoms with Crippen molar-refractivity contribution >= 4 is 44.2 Å². The summed E-state index contributed by atoms with van der Waals surface area (Å²) in [7, 11) is -4.35. The van der Waals surface area contributed by atoms with E-state index < -0.39 is 15.9 Å². The average Bonchev–Trinajstić information content (AvgIpc) is 3.95. The van der Waals surface area contributed by atoms with Gasteiger partial charge < -0.3 is 35.1 Å². The summed E-state index contributed by atoms with van der Waals surface area (Å²) in [6, 6.07) is 22.0. The molecule has 1 spiro atoms. The number of anilines is 3. The number of likely N-dealkylation sites (tertiary alicyclic amines) is 1. The Morgan fingerprint density at radius 2 is 1.84 bits per heavy atom. The van der Waals surface area contributed by atoms with Crippen molar-refractivity contribution in [3.05, 3.63) is 95.8 Å². The largest absolute Gasteiger partial charge is 0.436 e. The zero-order valence-corrected chi connectivity index (χ0v) is 37.5. The van der Waals surface area contributed by atoms with E-state index in [-0.39, 0.29) is 28.1 Å². The number of nitrogen functional groups attached to an aromatic ring is 1. The van der Waals surface area contributed by atoms with Gasteiger partial charge in [-0.1, -0.05) is 38.1 Å². The first-order valence-corrected chi connectivity index (χ1v) is 24.3. The molecule has 2 aromatic carbocycles. The zero-order chi connectivity index (χ0) is 44.0. The van der Waals surface area contributed by atoms with Crippen LogP contribution in [-0.2, 0) is 19.5 Å². The molecule has 5 aromatic rings. The molecular formula is C48H59N9O6S. The lowest BCUT2D eigenvalue weighted by molar-refractivity contribution is -0.111. The normalized spacial score (nSPS) is 22.1. The Hall–Kier alpha value is -5.26. The molecular weight excluding hydrogens is 831 g/mol. The number of nitrogens with two attached hydrogens (primary N) is 1. The number of hydrogen-bond donors (Lipinski definition) is 4. The van der Waals surface area contributed by atoms with Crippen molar-refractivity contribution in [2.45, 2.75) is 87.4 Å². The highest BCUT2D eigenvalue weighted by atomic mass is 32.2. The van der Waals surface area contributed by atoms with Gasteiger partial charge in [0.25, 0.3) is 15.9 Å². The maximum atomic E-state index is 14.0. The Morgan fingerprint density at radius 3 is 2.62 bits per heavy atom. The van der Waals surface area contributed by atoms with Crippen LogP contribution in [-0.4, -0.2) is 116 Å². The summed E-state index contributed by atoms with van der Waals surface area (Å²) in [4.78, 5) is 33.6. The number of amides is 1. The lowest BCUT2D eigenvalue weighted by Crippen LogP contribution is -2.56. The van der Waals surface area contributed by atoms with Gasteiger partial charge in [-0.15, -0.1) is 0 Å². The summed E-state index contributed by atoms with van der Waals surface area (Å²) in [6.45, 7) is 11.7. The van der Waals surface area contributed by atoms with Gasteiger partial charge in [0.2, 0.25) is 5.88 Å². The van der Waals surface area contributed by atoms with Crippen LogP contribution in [0, 0.1) is 5.41 Å². The standard InChI is InChI=1S/C48H59N9O6S/c1-31(2)38-6-3-4-7-39(38)43-8-5-17-57(43)33-24-48(25-33)14-18-55(19-15-48)44-12-10-40(47(53-44)63-35-22-32-13-16-50-45(32)52-26-35)46(58)54-64(59,60)37-9-11-42(41(49)23-37)51-27-36-28-56(20-21-62-36)34-29-61-30-34/h3-4,6-7,9-13,16,22-23,26,31,33-34,36,43,51H,5,8,14-15,17-21,24-25,27-30,49H2,1-2H3,(H,50,52)(H,54,58). The Labute approximate surface area is 375 Å². The maximum absolute atomic E-state index is 14.0. The van der Waals surface area contributed by atoms with Gasteiger partial charge in [0.15, 0.2) is 0 Å². The van der Waals surface area contributed by atoms with Crippen LogP contribution in [0.4, 0.5) is 17.2 Å². The molecule has 1 saturated carbocycles. The third-order valence-corrected chi connectivity index (χ3v) is 15.6. The first kappa shape index (κ1) is 42.7. The molecule has 15 nitrogen and oxygen atoms in total. The van der Waals surface area contributed by atoms with Gasteiger partial charge >= 0.3 is 0 Å². The second-order valence-corrected chi connectivity index (χ2v) is 20.4. The Morgan fingerprint density at radius 1 is 1.02 bits per heavy atom. The molecule has 0 radical (unpaired) electrons. The van der Waals surface area contributed by atoms with Gasteiger partial charge in [0.05, 0.1) is 54.4 Å². The number of ether oxygens (including phenoxy) is 3. The number of carbonyl (C=O) groups is 1. The summed E-state index contributed by atoms with van der Waals surface area (Å²) >= 11 is 0. The van der Waals surface area contributed by atoms with Crippen molar-refractivity contribution < 1.29 is 27.4 Å².